The van der Waals surface area contributed by atoms with Gasteiger partial charge in [-0.25, -0.2) is 0 Å². The molecule has 1 saturated carbocycles. The van der Waals surface area contributed by atoms with Crippen molar-refractivity contribution < 1.29 is 14.4 Å². The van der Waals surface area contributed by atoms with Crippen molar-refractivity contribution in [3.63, 3.8) is 0 Å². The molecule has 1 aromatic heterocycles. The normalized spacial score (nSPS) is 14.8. The third-order valence-electron chi connectivity index (χ3n) is 5.44. The molecule has 3 rings (SSSR count). The molecule has 1 aliphatic rings. The molecule has 31 heavy (non-hydrogen) atoms. The minimum atomic E-state index is -0.466. The second-order valence-corrected chi connectivity index (χ2v) is 8.05. The van der Waals surface area contributed by atoms with E-state index < -0.39 is 4.92 Å². The molecule has 0 radical (unpaired) electrons. The molecule has 0 amide bonds. The highest BCUT2D eigenvalue weighted by Crippen LogP contribution is 2.38. The summed E-state index contributed by atoms with van der Waals surface area (Å²) in [5.41, 5.74) is 0.364. The van der Waals surface area contributed by atoms with Crippen LogP contribution in [0.2, 0.25) is 0 Å². The van der Waals surface area contributed by atoms with Crippen LogP contribution in [0.25, 0.3) is 0 Å². The lowest BCUT2D eigenvalue weighted by Gasteiger charge is -2.19. The number of unbranched alkanes of at least 4 members (excludes halogenated alkanes) is 2. The molecule has 0 unspecified atom stereocenters. The molecule has 10 heteroatoms. The zero-order valence-electron chi connectivity index (χ0n) is 18.0. The molecule has 0 atom stereocenters. The van der Waals surface area contributed by atoms with E-state index in [9.17, 15) is 10.1 Å². The number of methoxy groups -OCH3 is 1. The highest BCUT2D eigenvalue weighted by Gasteiger charge is 2.23. The fraction of sp³-hybridized carbons (Fsp3) is 0.571. The summed E-state index contributed by atoms with van der Waals surface area (Å²) in [7, 11) is 1.46. The van der Waals surface area contributed by atoms with Crippen LogP contribution in [-0.4, -0.2) is 39.7 Å². The lowest BCUT2D eigenvalue weighted by Crippen LogP contribution is -2.10. The topological polar surface area (TPSA) is 108 Å². The van der Waals surface area contributed by atoms with Gasteiger partial charge in [0.2, 0.25) is 10.5 Å². The van der Waals surface area contributed by atoms with Crippen molar-refractivity contribution in [2.45, 2.75) is 64.2 Å². The smallest absolute Gasteiger partial charge is 0.315 e. The number of rotatable bonds is 10. The van der Waals surface area contributed by atoms with Gasteiger partial charge in [-0.3, -0.25) is 15.2 Å². The highest BCUT2D eigenvalue weighted by atomic mass is 32.1. The zero-order valence-corrected chi connectivity index (χ0v) is 18.8. The number of nitro benzene ring substituents is 1. The van der Waals surface area contributed by atoms with Crippen molar-refractivity contribution in [3.05, 3.63) is 38.4 Å². The van der Waals surface area contributed by atoms with Crippen molar-refractivity contribution >= 4 is 24.1 Å². The molecule has 0 spiro atoms. The number of hydrogen-bond donors (Lipinski definition) is 1. The quantitative estimate of drug-likeness (QED) is 0.173. The third kappa shape index (κ3) is 5.69. The second-order valence-electron chi connectivity index (χ2n) is 7.66. The first-order valence-electron chi connectivity index (χ1n) is 10.8. The molecule has 0 aliphatic heterocycles. The molecular formula is C21H29N5O4S. The van der Waals surface area contributed by atoms with Gasteiger partial charge in [0.05, 0.1) is 24.9 Å². The molecule has 1 fully saturated rings. The molecule has 0 bridgehead atoms. The average molecular weight is 448 g/mol. The number of H-pyrrole nitrogens is 1. The SMILES string of the molecule is CCCCCOc1c(OC)cc(/C=N\n2c(C3CCCCC3)n[nH]c2=S)cc1[N+](=O)[O-]. The maximum Gasteiger partial charge on any atom is 0.315 e. The summed E-state index contributed by atoms with van der Waals surface area (Å²) in [6.07, 6.45) is 10.1. The summed E-state index contributed by atoms with van der Waals surface area (Å²) in [6.45, 7) is 2.48. The summed E-state index contributed by atoms with van der Waals surface area (Å²) >= 11 is 5.34. The first-order valence-corrected chi connectivity index (χ1v) is 11.2. The van der Waals surface area contributed by atoms with Crippen LogP contribution in [0.5, 0.6) is 11.5 Å². The Hall–Kier alpha value is -2.75. The van der Waals surface area contributed by atoms with Crippen molar-refractivity contribution in [1.29, 1.82) is 0 Å². The molecule has 1 N–H and O–H groups in total. The first kappa shape index (κ1) is 22.9. The summed E-state index contributed by atoms with van der Waals surface area (Å²) in [5, 5.41) is 23.3. The number of ether oxygens (including phenoxy) is 2. The van der Waals surface area contributed by atoms with Gasteiger partial charge in [-0.15, -0.1) is 0 Å². The monoisotopic (exact) mass is 447 g/mol. The van der Waals surface area contributed by atoms with E-state index in [1.165, 1.54) is 25.8 Å². The van der Waals surface area contributed by atoms with Crippen molar-refractivity contribution in [2.24, 2.45) is 5.10 Å². The van der Waals surface area contributed by atoms with E-state index >= 15 is 0 Å². The van der Waals surface area contributed by atoms with Gasteiger partial charge in [0.15, 0.2) is 11.6 Å². The Morgan fingerprint density at radius 3 is 2.81 bits per heavy atom. The van der Waals surface area contributed by atoms with Crippen LogP contribution in [0.3, 0.4) is 0 Å². The van der Waals surface area contributed by atoms with Gasteiger partial charge in [-0.1, -0.05) is 39.0 Å². The molecule has 1 heterocycles. The summed E-state index contributed by atoms with van der Waals surface area (Å²) in [5.74, 6) is 1.55. The number of aromatic nitrogens is 3. The fourth-order valence-electron chi connectivity index (χ4n) is 3.81. The Balaban J connectivity index is 1.89. The lowest BCUT2D eigenvalue weighted by molar-refractivity contribution is -0.386. The number of aromatic amines is 1. The van der Waals surface area contributed by atoms with Gasteiger partial charge in [0, 0.05) is 17.5 Å². The third-order valence-corrected chi connectivity index (χ3v) is 5.70. The van der Waals surface area contributed by atoms with Crippen molar-refractivity contribution in [3.8, 4) is 11.5 Å². The molecule has 9 nitrogen and oxygen atoms in total. The van der Waals surface area contributed by atoms with E-state index in [0.29, 0.717) is 28.6 Å². The highest BCUT2D eigenvalue weighted by molar-refractivity contribution is 7.71. The van der Waals surface area contributed by atoms with Gasteiger partial charge in [0.1, 0.15) is 0 Å². The van der Waals surface area contributed by atoms with Crippen LogP contribution < -0.4 is 9.47 Å². The standard InChI is InChI=1S/C21H29N5O4S/c1-3-4-8-11-30-19-17(26(27)28)12-15(13-18(19)29-2)14-22-25-20(23-24-21(25)31)16-9-6-5-7-10-16/h12-14,16H,3-11H2,1-2H3,(H,24,31)/b22-14-. The predicted octanol–water partition coefficient (Wildman–Crippen LogP) is 5.36. The van der Waals surface area contributed by atoms with Gasteiger partial charge < -0.3 is 9.47 Å². The Bertz CT molecular complexity index is 979. The predicted molar refractivity (Wildman–Crippen MR) is 121 cm³/mol. The maximum atomic E-state index is 11.7. The zero-order chi connectivity index (χ0) is 22.2. The Labute approximate surface area is 186 Å². The second kappa shape index (κ2) is 11.0. The van der Waals surface area contributed by atoms with E-state index in [1.54, 1.807) is 10.7 Å². The molecule has 2 aromatic rings. The van der Waals surface area contributed by atoms with Crippen LogP contribution in [-0.2, 0) is 0 Å². The van der Waals surface area contributed by atoms with Crippen LogP contribution in [0.4, 0.5) is 5.69 Å². The number of hydrogen-bond acceptors (Lipinski definition) is 7. The molecule has 168 valence electrons. The molecule has 1 aromatic carbocycles. The maximum absolute atomic E-state index is 11.7. The summed E-state index contributed by atoms with van der Waals surface area (Å²) < 4.78 is 13.1. The lowest BCUT2D eigenvalue weighted by atomic mass is 9.89. The largest absolute Gasteiger partial charge is 0.493 e. The Morgan fingerprint density at radius 1 is 1.35 bits per heavy atom. The van der Waals surface area contributed by atoms with Crippen LogP contribution in [0.15, 0.2) is 17.2 Å². The first-order chi connectivity index (χ1) is 15.0. The van der Waals surface area contributed by atoms with Crippen LogP contribution in [0.1, 0.15) is 75.6 Å². The number of nitrogens with one attached hydrogen (secondary N) is 1. The van der Waals surface area contributed by atoms with E-state index in [1.807, 2.05) is 0 Å². The molecule has 1 aliphatic carbocycles. The minimum Gasteiger partial charge on any atom is -0.493 e. The Morgan fingerprint density at radius 2 is 2.13 bits per heavy atom. The number of nitro groups is 1. The van der Waals surface area contributed by atoms with Crippen molar-refractivity contribution in [2.75, 3.05) is 13.7 Å². The van der Waals surface area contributed by atoms with Gasteiger partial charge in [-0.2, -0.15) is 14.9 Å². The number of benzene rings is 1. The molecule has 0 saturated heterocycles. The molecular weight excluding hydrogens is 418 g/mol. The van der Waals surface area contributed by atoms with Gasteiger partial charge in [0.25, 0.3) is 0 Å². The van der Waals surface area contributed by atoms with E-state index in [0.717, 1.165) is 50.8 Å². The summed E-state index contributed by atoms with van der Waals surface area (Å²) in [4.78, 5) is 11.2. The van der Waals surface area contributed by atoms with Gasteiger partial charge >= 0.3 is 5.69 Å². The van der Waals surface area contributed by atoms with E-state index in [-0.39, 0.29) is 11.4 Å². The van der Waals surface area contributed by atoms with E-state index in [2.05, 4.69) is 22.2 Å². The van der Waals surface area contributed by atoms with E-state index in [4.69, 9.17) is 21.7 Å². The average Bonchev–Trinajstić information content (AvgIpc) is 3.16. The van der Waals surface area contributed by atoms with Crippen LogP contribution in [0, 0.1) is 14.9 Å². The Kier molecular flexibility index (Phi) is 8.16. The fourth-order valence-corrected chi connectivity index (χ4v) is 3.99. The van der Waals surface area contributed by atoms with Crippen molar-refractivity contribution in [1.82, 2.24) is 14.9 Å². The van der Waals surface area contributed by atoms with Crippen LogP contribution >= 0.6 is 12.2 Å². The summed E-state index contributed by atoms with van der Waals surface area (Å²) in [6, 6.07) is 3.11. The van der Waals surface area contributed by atoms with Gasteiger partial charge in [-0.05, 0) is 37.5 Å². The minimum absolute atomic E-state index is 0.142. The number of nitrogens with zero attached hydrogens (tertiary/aromatic N) is 4.